The van der Waals surface area contributed by atoms with E-state index in [4.69, 9.17) is 4.74 Å². The second kappa shape index (κ2) is 9.88. The number of amides is 1. The zero-order valence-electron chi connectivity index (χ0n) is 19.4. The third-order valence-corrected chi connectivity index (χ3v) is 6.36. The van der Waals surface area contributed by atoms with Crippen LogP contribution >= 0.6 is 0 Å². The fourth-order valence-corrected chi connectivity index (χ4v) is 4.40. The highest BCUT2D eigenvalue weighted by Crippen LogP contribution is 2.24. The van der Waals surface area contributed by atoms with E-state index in [1.54, 1.807) is 7.11 Å². The maximum Gasteiger partial charge on any atom is 0.227 e. The number of carbonyl (C=O) groups is 1. The molecule has 1 aliphatic heterocycles. The maximum absolute atomic E-state index is 13.1. The zero-order valence-corrected chi connectivity index (χ0v) is 19.4. The van der Waals surface area contributed by atoms with Gasteiger partial charge in [-0.3, -0.25) is 9.69 Å². The van der Waals surface area contributed by atoms with Gasteiger partial charge in [-0.1, -0.05) is 30.3 Å². The Labute approximate surface area is 194 Å². The van der Waals surface area contributed by atoms with E-state index in [1.165, 1.54) is 0 Å². The summed E-state index contributed by atoms with van der Waals surface area (Å²) in [5, 5.41) is 14.4. The summed E-state index contributed by atoms with van der Waals surface area (Å²) in [7, 11) is 1.63. The highest BCUT2D eigenvalue weighted by molar-refractivity contribution is 5.79. The predicted octanol–water partition coefficient (Wildman–Crippen LogP) is 3.45. The first-order valence-electron chi connectivity index (χ1n) is 11.2. The van der Waals surface area contributed by atoms with Crippen LogP contribution in [-0.4, -0.2) is 58.8 Å². The number of ether oxygens (including phenoxy) is 1. The van der Waals surface area contributed by atoms with Gasteiger partial charge in [0, 0.05) is 37.4 Å². The summed E-state index contributed by atoms with van der Waals surface area (Å²) in [4.78, 5) is 17.1. The lowest BCUT2D eigenvalue weighted by Crippen LogP contribution is -2.50. The molecule has 1 aliphatic rings. The summed E-state index contributed by atoms with van der Waals surface area (Å²) in [6.07, 6.45) is 0.338. The minimum atomic E-state index is -0.332. The lowest BCUT2D eigenvalue weighted by molar-refractivity contribution is -0.132. The van der Waals surface area contributed by atoms with Gasteiger partial charge in [-0.25, -0.2) is 4.68 Å². The SMILES string of the molecule is COc1ccc(C(C#N)N2CCN(C(=O)Cc3c(C)nn(-c4ccccc4)c3C)CC2)cc1. The minimum absolute atomic E-state index is 0.103. The van der Waals surface area contributed by atoms with Crippen molar-refractivity contribution in [1.29, 1.82) is 5.26 Å². The summed E-state index contributed by atoms with van der Waals surface area (Å²) in [5.74, 6) is 0.874. The van der Waals surface area contributed by atoms with Gasteiger partial charge in [-0.2, -0.15) is 10.4 Å². The van der Waals surface area contributed by atoms with Crippen molar-refractivity contribution in [1.82, 2.24) is 19.6 Å². The van der Waals surface area contributed by atoms with Crippen molar-refractivity contribution in [2.75, 3.05) is 33.3 Å². The van der Waals surface area contributed by atoms with Crippen LogP contribution in [0.5, 0.6) is 5.75 Å². The topological polar surface area (TPSA) is 74.4 Å². The van der Waals surface area contributed by atoms with E-state index >= 15 is 0 Å². The Bertz CT molecular complexity index is 1140. The Morgan fingerprint density at radius 3 is 2.33 bits per heavy atom. The van der Waals surface area contributed by atoms with Gasteiger partial charge >= 0.3 is 0 Å². The lowest BCUT2D eigenvalue weighted by Gasteiger charge is -2.37. The molecule has 7 nitrogen and oxygen atoms in total. The second-order valence-electron chi connectivity index (χ2n) is 8.30. The van der Waals surface area contributed by atoms with Gasteiger partial charge < -0.3 is 9.64 Å². The number of aromatic nitrogens is 2. The molecule has 1 amide bonds. The number of aryl methyl sites for hydroxylation is 1. The van der Waals surface area contributed by atoms with Crippen LogP contribution in [-0.2, 0) is 11.2 Å². The molecular weight excluding hydrogens is 414 g/mol. The molecule has 7 heteroatoms. The summed E-state index contributed by atoms with van der Waals surface area (Å²) >= 11 is 0. The van der Waals surface area contributed by atoms with Crippen molar-refractivity contribution in [3.8, 4) is 17.5 Å². The highest BCUT2D eigenvalue weighted by atomic mass is 16.5. The number of hydrogen-bond acceptors (Lipinski definition) is 5. The number of methoxy groups -OCH3 is 1. The number of benzene rings is 2. The van der Waals surface area contributed by atoms with E-state index in [9.17, 15) is 10.1 Å². The normalized spacial score (nSPS) is 15.2. The molecule has 1 aromatic heterocycles. The van der Waals surface area contributed by atoms with E-state index < -0.39 is 0 Å². The fourth-order valence-electron chi connectivity index (χ4n) is 4.40. The molecule has 170 valence electrons. The molecule has 1 fully saturated rings. The van der Waals surface area contributed by atoms with Crippen LogP contribution in [0.15, 0.2) is 54.6 Å². The molecule has 2 heterocycles. The van der Waals surface area contributed by atoms with Gasteiger partial charge in [-0.15, -0.1) is 0 Å². The van der Waals surface area contributed by atoms with Crippen LogP contribution in [0, 0.1) is 25.2 Å². The molecular formula is C26H29N5O2. The summed E-state index contributed by atoms with van der Waals surface area (Å²) in [6, 6.07) is 19.7. The van der Waals surface area contributed by atoms with Crippen LogP contribution in [0.4, 0.5) is 0 Å². The molecule has 0 bridgehead atoms. The molecule has 0 aliphatic carbocycles. The maximum atomic E-state index is 13.1. The fraction of sp³-hybridized carbons (Fsp3) is 0.346. The van der Waals surface area contributed by atoms with E-state index in [0.29, 0.717) is 32.6 Å². The quantitative estimate of drug-likeness (QED) is 0.583. The standard InChI is InChI=1S/C26H29N5O2/c1-19-24(20(2)31(28-19)22-7-5-4-6-8-22)17-26(32)30-15-13-29(14-16-30)25(18-27)21-9-11-23(33-3)12-10-21/h4-12,25H,13-17H2,1-3H3. The minimum Gasteiger partial charge on any atom is -0.497 e. The Morgan fingerprint density at radius 2 is 1.73 bits per heavy atom. The first kappa shape index (κ1) is 22.6. The van der Waals surface area contributed by atoms with Crippen LogP contribution in [0.2, 0.25) is 0 Å². The molecule has 4 rings (SSSR count). The molecule has 0 spiro atoms. The summed E-state index contributed by atoms with van der Waals surface area (Å²) in [5.41, 5.74) is 4.80. The number of hydrogen-bond donors (Lipinski definition) is 0. The number of nitriles is 1. The third kappa shape index (κ3) is 4.76. The van der Waals surface area contributed by atoms with Crippen molar-refractivity contribution in [3.63, 3.8) is 0 Å². The van der Waals surface area contributed by atoms with Crippen molar-refractivity contribution < 1.29 is 9.53 Å². The Morgan fingerprint density at radius 1 is 1.06 bits per heavy atom. The van der Waals surface area contributed by atoms with Crippen molar-refractivity contribution in [2.24, 2.45) is 0 Å². The van der Waals surface area contributed by atoms with Gasteiger partial charge in [0.2, 0.25) is 5.91 Å². The molecule has 0 saturated carbocycles. The van der Waals surface area contributed by atoms with Gasteiger partial charge in [0.05, 0.1) is 31.0 Å². The van der Waals surface area contributed by atoms with Gasteiger partial charge in [0.15, 0.2) is 0 Å². The lowest BCUT2D eigenvalue weighted by atomic mass is 10.0. The molecule has 0 radical (unpaired) electrons. The molecule has 1 saturated heterocycles. The Kier molecular flexibility index (Phi) is 6.76. The van der Waals surface area contributed by atoms with Crippen molar-refractivity contribution in [3.05, 3.63) is 77.1 Å². The van der Waals surface area contributed by atoms with E-state index in [0.717, 1.165) is 34.0 Å². The van der Waals surface area contributed by atoms with Crippen LogP contribution < -0.4 is 4.74 Å². The van der Waals surface area contributed by atoms with E-state index in [1.807, 2.05) is 78.0 Å². The Hall–Kier alpha value is -3.63. The molecule has 2 aromatic carbocycles. The molecule has 0 N–H and O–H groups in total. The summed E-state index contributed by atoms with van der Waals surface area (Å²) in [6.45, 7) is 6.52. The van der Waals surface area contributed by atoms with E-state index in [2.05, 4.69) is 16.1 Å². The van der Waals surface area contributed by atoms with Gasteiger partial charge in [0.1, 0.15) is 11.8 Å². The average Bonchev–Trinajstić information content (AvgIpc) is 3.14. The first-order valence-corrected chi connectivity index (χ1v) is 11.2. The predicted molar refractivity (Wildman–Crippen MR) is 126 cm³/mol. The molecule has 1 unspecified atom stereocenters. The highest BCUT2D eigenvalue weighted by Gasteiger charge is 2.28. The van der Waals surface area contributed by atoms with E-state index in [-0.39, 0.29) is 11.9 Å². The monoisotopic (exact) mass is 443 g/mol. The van der Waals surface area contributed by atoms with Crippen molar-refractivity contribution in [2.45, 2.75) is 26.3 Å². The number of nitrogens with zero attached hydrogens (tertiary/aromatic N) is 5. The molecule has 33 heavy (non-hydrogen) atoms. The zero-order chi connectivity index (χ0) is 23.4. The number of piperazine rings is 1. The number of rotatable bonds is 6. The van der Waals surface area contributed by atoms with Gasteiger partial charge in [0.25, 0.3) is 0 Å². The average molecular weight is 444 g/mol. The largest absolute Gasteiger partial charge is 0.497 e. The molecule has 1 atom stereocenters. The molecule has 3 aromatic rings. The number of carbonyl (C=O) groups excluding carboxylic acids is 1. The van der Waals surface area contributed by atoms with Crippen LogP contribution in [0.25, 0.3) is 5.69 Å². The third-order valence-electron chi connectivity index (χ3n) is 6.36. The smallest absolute Gasteiger partial charge is 0.227 e. The second-order valence-corrected chi connectivity index (χ2v) is 8.30. The first-order chi connectivity index (χ1) is 16.0. The van der Waals surface area contributed by atoms with Crippen molar-refractivity contribution >= 4 is 5.91 Å². The van der Waals surface area contributed by atoms with Crippen LogP contribution in [0.3, 0.4) is 0 Å². The number of para-hydroxylation sites is 1. The van der Waals surface area contributed by atoms with Gasteiger partial charge in [-0.05, 0) is 43.7 Å². The van der Waals surface area contributed by atoms with Crippen LogP contribution in [0.1, 0.15) is 28.6 Å². The summed E-state index contributed by atoms with van der Waals surface area (Å²) < 4.78 is 7.12. The Balaban J connectivity index is 1.40.